The van der Waals surface area contributed by atoms with Gasteiger partial charge in [0, 0.05) is 27.8 Å². The molecular weight excluding hydrogens is 394 g/mol. The Morgan fingerprint density at radius 1 is 1.12 bits per heavy atom. The van der Waals surface area contributed by atoms with Crippen LogP contribution in [0.5, 0.6) is 0 Å². The quantitative estimate of drug-likeness (QED) is 0.633. The monoisotopic (exact) mass is 411 g/mol. The maximum atomic E-state index is 12.8. The highest BCUT2D eigenvalue weighted by molar-refractivity contribution is 9.10. The number of fused-ring (bicyclic) bond motifs is 1. The van der Waals surface area contributed by atoms with E-state index in [4.69, 9.17) is 9.82 Å². The largest absolute Gasteiger partial charge is 0.275 e. The fraction of sp³-hybridized carbons (Fsp3) is 0.250. The normalized spacial score (nSPS) is 14.7. The van der Waals surface area contributed by atoms with E-state index in [1.54, 1.807) is 18.5 Å². The fourth-order valence-electron chi connectivity index (χ4n) is 3.25. The Hall–Kier alpha value is -2.31. The average Bonchev–Trinajstić information content (AvgIpc) is 3.19. The fourth-order valence-corrected chi connectivity index (χ4v) is 3.62. The Bertz CT molecular complexity index is 940. The van der Waals surface area contributed by atoms with Gasteiger partial charge in [0.15, 0.2) is 0 Å². The number of nitrogens with zero attached hydrogens (tertiary/aromatic N) is 2. The van der Waals surface area contributed by atoms with E-state index in [2.05, 4.69) is 26.4 Å². The van der Waals surface area contributed by atoms with Gasteiger partial charge < -0.3 is 0 Å². The van der Waals surface area contributed by atoms with E-state index < -0.39 is 0 Å². The molecule has 26 heavy (non-hydrogen) atoms. The molecule has 0 bridgehead atoms. The summed E-state index contributed by atoms with van der Waals surface area (Å²) < 4.78 is 0.897. The number of hydrogen-bond acceptors (Lipinski definition) is 4. The molecule has 1 N–H and O–H groups in total. The van der Waals surface area contributed by atoms with Gasteiger partial charge in [-0.1, -0.05) is 28.8 Å². The summed E-state index contributed by atoms with van der Waals surface area (Å²) in [7, 11) is 0. The highest BCUT2D eigenvalue weighted by Gasteiger charge is 2.19. The number of pyridine rings is 2. The summed E-state index contributed by atoms with van der Waals surface area (Å²) in [6.07, 6.45) is 7.82. The van der Waals surface area contributed by atoms with Crippen molar-refractivity contribution in [2.24, 2.45) is 0 Å². The second kappa shape index (κ2) is 7.51. The van der Waals surface area contributed by atoms with Crippen LogP contribution in [0.3, 0.4) is 0 Å². The Balaban J connectivity index is 1.72. The summed E-state index contributed by atoms with van der Waals surface area (Å²) in [4.78, 5) is 27.2. The van der Waals surface area contributed by atoms with E-state index in [0.717, 1.165) is 52.3 Å². The lowest BCUT2D eigenvalue weighted by atomic mass is 10.0. The van der Waals surface area contributed by atoms with Crippen LogP contribution in [0.25, 0.3) is 22.2 Å². The van der Waals surface area contributed by atoms with Crippen molar-refractivity contribution in [1.82, 2.24) is 15.4 Å². The zero-order valence-electron chi connectivity index (χ0n) is 14.1. The number of carbonyl (C=O) groups is 1. The van der Waals surface area contributed by atoms with Crippen LogP contribution in [0.15, 0.2) is 53.3 Å². The number of carbonyl (C=O) groups excluding carboxylic acids is 1. The van der Waals surface area contributed by atoms with Crippen LogP contribution in [-0.2, 0) is 4.84 Å². The van der Waals surface area contributed by atoms with Gasteiger partial charge in [0.2, 0.25) is 0 Å². The van der Waals surface area contributed by atoms with E-state index in [1.807, 2.05) is 30.3 Å². The predicted octanol–water partition coefficient (Wildman–Crippen LogP) is 4.66. The van der Waals surface area contributed by atoms with Crippen molar-refractivity contribution < 1.29 is 9.63 Å². The topological polar surface area (TPSA) is 64.1 Å². The number of hydroxylamine groups is 1. The summed E-state index contributed by atoms with van der Waals surface area (Å²) in [5.41, 5.74) is 5.58. The minimum Gasteiger partial charge on any atom is -0.270 e. The van der Waals surface area contributed by atoms with Gasteiger partial charge in [-0.05, 0) is 49.2 Å². The maximum Gasteiger partial charge on any atom is 0.275 e. The van der Waals surface area contributed by atoms with Crippen molar-refractivity contribution in [1.29, 1.82) is 0 Å². The second-order valence-electron chi connectivity index (χ2n) is 6.41. The molecule has 4 rings (SSSR count). The molecule has 0 atom stereocenters. The minimum atomic E-state index is -0.252. The number of benzene rings is 1. The number of amides is 1. The highest BCUT2D eigenvalue weighted by Crippen LogP contribution is 2.27. The number of aromatic nitrogens is 2. The summed E-state index contributed by atoms with van der Waals surface area (Å²) >= 11 is 3.47. The molecule has 1 aliphatic rings. The lowest BCUT2D eigenvalue weighted by molar-refractivity contribution is -0.0123. The summed E-state index contributed by atoms with van der Waals surface area (Å²) in [5, 5.41) is 0.782. The van der Waals surface area contributed by atoms with Gasteiger partial charge in [-0.3, -0.25) is 14.6 Å². The van der Waals surface area contributed by atoms with E-state index in [0.29, 0.717) is 5.56 Å². The smallest absolute Gasteiger partial charge is 0.270 e. The Morgan fingerprint density at radius 2 is 1.88 bits per heavy atom. The molecular formula is C20H18BrN3O2. The highest BCUT2D eigenvalue weighted by atomic mass is 79.9. The first-order chi connectivity index (χ1) is 12.7. The average molecular weight is 412 g/mol. The SMILES string of the molecule is O=C(NOC1CCCC1)c1cc(-c2ccncc2)nc2ccc(Br)cc12. The molecule has 2 aromatic heterocycles. The van der Waals surface area contributed by atoms with Crippen molar-refractivity contribution in [2.45, 2.75) is 31.8 Å². The van der Waals surface area contributed by atoms with E-state index >= 15 is 0 Å². The Kier molecular flexibility index (Phi) is 4.95. The summed E-state index contributed by atoms with van der Waals surface area (Å²) in [5.74, 6) is -0.252. The molecule has 0 saturated heterocycles. The molecule has 0 radical (unpaired) electrons. The molecule has 5 nitrogen and oxygen atoms in total. The van der Waals surface area contributed by atoms with Crippen molar-refractivity contribution in [2.75, 3.05) is 0 Å². The molecule has 2 heterocycles. The van der Waals surface area contributed by atoms with Gasteiger partial charge in [-0.2, -0.15) is 0 Å². The predicted molar refractivity (Wildman–Crippen MR) is 103 cm³/mol. The summed E-state index contributed by atoms with van der Waals surface area (Å²) in [6, 6.07) is 11.3. The third-order valence-electron chi connectivity index (χ3n) is 4.61. The van der Waals surface area contributed by atoms with Crippen molar-refractivity contribution >= 4 is 32.7 Å². The summed E-state index contributed by atoms with van der Waals surface area (Å²) in [6.45, 7) is 0. The number of hydrogen-bond donors (Lipinski definition) is 1. The molecule has 1 saturated carbocycles. The van der Waals surface area contributed by atoms with Crippen molar-refractivity contribution in [3.63, 3.8) is 0 Å². The van der Waals surface area contributed by atoms with E-state index in [9.17, 15) is 4.79 Å². The van der Waals surface area contributed by atoms with Crippen molar-refractivity contribution in [3.05, 3.63) is 58.8 Å². The molecule has 1 amide bonds. The number of halogens is 1. The van der Waals surface area contributed by atoms with Gasteiger partial charge in [-0.25, -0.2) is 10.5 Å². The molecule has 1 fully saturated rings. The maximum absolute atomic E-state index is 12.8. The lowest BCUT2D eigenvalue weighted by Gasteiger charge is -2.13. The van der Waals surface area contributed by atoms with Crippen molar-refractivity contribution in [3.8, 4) is 11.3 Å². The first-order valence-electron chi connectivity index (χ1n) is 8.67. The van der Waals surface area contributed by atoms with Gasteiger partial charge >= 0.3 is 0 Å². The van der Waals surface area contributed by atoms with Crippen LogP contribution in [-0.4, -0.2) is 22.0 Å². The van der Waals surface area contributed by atoms with Gasteiger partial charge in [0.1, 0.15) is 0 Å². The van der Waals surface area contributed by atoms with Crippen LogP contribution in [0, 0.1) is 0 Å². The first-order valence-corrected chi connectivity index (χ1v) is 9.47. The molecule has 6 heteroatoms. The van der Waals surface area contributed by atoms with Gasteiger partial charge in [0.05, 0.1) is 22.9 Å². The van der Waals surface area contributed by atoms with Crippen LogP contribution in [0.4, 0.5) is 0 Å². The molecule has 1 aromatic carbocycles. The zero-order chi connectivity index (χ0) is 17.9. The first kappa shape index (κ1) is 17.1. The molecule has 1 aliphatic carbocycles. The minimum absolute atomic E-state index is 0.110. The van der Waals surface area contributed by atoms with Gasteiger partial charge in [0.25, 0.3) is 5.91 Å². The second-order valence-corrected chi connectivity index (χ2v) is 7.32. The Morgan fingerprint density at radius 3 is 2.65 bits per heavy atom. The third kappa shape index (κ3) is 3.61. The number of nitrogens with one attached hydrogen (secondary N) is 1. The Labute approximate surface area is 159 Å². The van der Waals surface area contributed by atoms with E-state index in [-0.39, 0.29) is 12.0 Å². The standard InChI is InChI=1S/C20H18BrN3O2/c21-14-5-6-18-16(11-14)17(20(25)24-26-15-3-1-2-4-15)12-19(23-18)13-7-9-22-10-8-13/h5-12,15H,1-4H2,(H,24,25). The molecule has 0 spiro atoms. The molecule has 3 aromatic rings. The molecule has 0 unspecified atom stereocenters. The van der Waals surface area contributed by atoms with E-state index in [1.165, 1.54) is 0 Å². The van der Waals surface area contributed by atoms with Gasteiger partial charge in [-0.15, -0.1) is 0 Å². The molecule has 0 aliphatic heterocycles. The zero-order valence-corrected chi connectivity index (χ0v) is 15.7. The van der Waals surface area contributed by atoms with Crippen LogP contribution in [0.1, 0.15) is 36.0 Å². The molecule has 132 valence electrons. The lowest BCUT2D eigenvalue weighted by Crippen LogP contribution is -2.28. The van der Waals surface area contributed by atoms with Crippen LogP contribution in [0.2, 0.25) is 0 Å². The van der Waals surface area contributed by atoms with Crippen LogP contribution >= 0.6 is 15.9 Å². The third-order valence-corrected chi connectivity index (χ3v) is 5.11. The van der Waals surface area contributed by atoms with Crippen LogP contribution < -0.4 is 5.48 Å². The number of rotatable bonds is 4.